The molecule has 0 aliphatic carbocycles. The Kier molecular flexibility index (Phi) is 4.42. The van der Waals surface area contributed by atoms with Gasteiger partial charge in [0.25, 0.3) is 5.91 Å². The van der Waals surface area contributed by atoms with E-state index >= 15 is 0 Å². The number of nitrogens with zero attached hydrogens (tertiary/aromatic N) is 4. The van der Waals surface area contributed by atoms with E-state index in [2.05, 4.69) is 26.2 Å². The molecule has 8 heteroatoms. The second kappa shape index (κ2) is 6.49. The van der Waals surface area contributed by atoms with Crippen LogP contribution < -0.4 is 0 Å². The van der Waals surface area contributed by atoms with Gasteiger partial charge in [0.05, 0.1) is 17.8 Å². The fraction of sp³-hybridized carbons (Fsp3) is 0.333. The van der Waals surface area contributed by atoms with Gasteiger partial charge in [0.2, 0.25) is 0 Å². The highest BCUT2D eigenvalue weighted by molar-refractivity contribution is 9.10. The summed E-state index contributed by atoms with van der Waals surface area (Å²) in [5.74, 6) is -1.65. The van der Waals surface area contributed by atoms with Gasteiger partial charge in [-0.3, -0.25) is 9.59 Å². The summed E-state index contributed by atoms with van der Waals surface area (Å²) < 4.78 is 2.43. The minimum atomic E-state index is -0.861. The first kappa shape index (κ1) is 15.7. The third kappa shape index (κ3) is 3.42. The van der Waals surface area contributed by atoms with E-state index in [1.807, 2.05) is 24.3 Å². The van der Waals surface area contributed by atoms with E-state index in [-0.39, 0.29) is 18.1 Å². The highest BCUT2D eigenvalue weighted by Crippen LogP contribution is 2.19. The molecular weight excluding hydrogens is 364 g/mol. The molecule has 1 aromatic carbocycles. The third-order valence-corrected chi connectivity index (χ3v) is 4.34. The van der Waals surface area contributed by atoms with E-state index in [0.717, 1.165) is 10.2 Å². The molecule has 1 fully saturated rings. The van der Waals surface area contributed by atoms with Gasteiger partial charge < -0.3 is 10.0 Å². The summed E-state index contributed by atoms with van der Waals surface area (Å²) in [4.78, 5) is 25.1. The fourth-order valence-corrected chi connectivity index (χ4v) is 3.02. The molecule has 1 aliphatic rings. The molecular formula is C15H15BrN4O3. The van der Waals surface area contributed by atoms with Gasteiger partial charge in [0.1, 0.15) is 0 Å². The molecule has 2 heterocycles. The van der Waals surface area contributed by atoms with Gasteiger partial charge in [0.15, 0.2) is 5.69 Å². The van der Waals surface area contributed by atoms with Crippen LogP contribution in [-0.2, 0) is 4.79 Å². The molecule has 1 unspecified atom stereocenters. The second-order valence-corrected chi connectivity index (χ2v) is 6.37. The number of carboxylic acids is 1. The number of piperidine rings is 1. The Morgan fingerprint density at radius 3 is 2.91 bits per heavy atom. The van der Waals surface area contributed by atoms with Gasteiger partial charge in [-0.25, -0.2) is 4.68 Å². The molecule has 1 N–H and O–H groups in total. The van der Waals surface area contributed by atoms with Crippen LogP contribution in [0.2, 0.25) is 0 Å². The van der Waals surface area contributed by atoms with Crippen molar-refractivity contribution in [3.05, 3.63) is 40.6 Å². The van der Waals surface area contributed by atoms with Gasteiger partial charge in [-0.2, -0.15) is 0 Å². The molecule has 0 saturated carbocycles. The van der Waals surface area contributed by atoms with Crippen molar-refractivity contribution in [2.75, 3.05) is 13.1 Å². The van der Waals surface area contributed by atoms with Crippen molar-refractivity contribution in [1.82, 2.24) is 19.9 Å². The number of aromatic nitrogens is 3. The first-order chi connectivity index (χ1) is 11.0. The van der Waals surface area contributed by atoms with Crippen LogP contribution in [-0.4, -0.2) is 50.0 Å². The predicted octanol–water partition coefficient (Wildman–Crippen LogP) is 1.97. The maximum absolute atomic E-state index is 12.5. The summed E-state index contributed by atoms with van der Waals surface area (Å²) in [5, 5.41) is 17.0. The number of rotatable bonds is 3. The van der Waals surface area contributed by atoms with Gasteiger partial charge in [0, 0.05) is 17.6 Å². The first-order valence-corrected chi connectivity index (χ1v) is 8.04. The Labute approximate surface area is 141 Å². The number of carboxylic acid groups (broad SMARTS) is 1. The van der Waals surface area contributed by atoms with Gasteiger partial charge in [-0.15, -0.1) is 5.10 Å². The fourth-order valence-electron chi connectivity index (χ4n) is 2.63. The van der Waals surface area contributed by atoms with Crippen molar-refractivity contribution < 1.29 is 14.7 Å². The molecule has 0 spiro atoms. The second-order valence-electron chi connectivity index (χ2n) is 5.46. The molecule has 2 aromatic rings. The number of likely N-dealkylation sites (tertiary alicyclic amines) is 1. The maximum atomic E-state index is 12.5. The van der Waals surface area contributed by atoms with Crippen LogP contribution in [0.4, 0.5) is 0 Å². The zero-order valence-corrected chi connectivity index (χ0v) is 13.8. The summed E-state index contributed by atoms with van der Waals surface area (Å²) in [6, 6.07) is 7.48. The molecule has 1 atom stereocenters. The Bertz CT molecular complexity index is 746. The summed E-state index contributed by atoms with van der Waals surface area (Å²) in [6.45, 7) is 0.768. The van der Waals surface area contributed by atoms with E-state index < -0.39 is 11.9 Å². The molecule has 1 amide bonds. The van der Waals surface area contributed by atoms with Crippen molar-refractivity contribution in [1.29, 1.82) is 0 Å². The largest absolute Gasteiger partial charge is 0.481 e. The lowest BCUT2D eigenvalue weighted by molar-refractivity contribution is -0.143. The SMILES string of the molecule is O=C(O)C1CCCN(C(=O)c2cn(-c3cccc(Br)c3)nn2)C1. The maximum Gasteiger partial charge on any atom is 0.308 e. The average Bonchev–Trinajstić information content (AvgIpc) is 3.04. The van der Waals surface area contributed by atoms with Crippen molar-refractivity contribution in [2.45, 2.75) is 12.8 Å². The Hall–Kier alpha value is -2.22. The topological polar surface area (TPSA) is 88.3 Å². The number of carbonyl (C=O) groups excluding carboxylic acids is 1. The lowest BCUT2D eigenvalue weighted by Gasteiger charge is -2.29. The minimum absolute atomic E-state index is 0.219. The molecule has 23 heavy (non-hydrogen) atoms. The summed E-state index contributed by atoms with van der Waals surface area (Å²) >= 11 is 3.39. The lowest BCUT2D eigenvalue weighted by atomic mass is 9.98. The summed E-state index contributed by atoms with van der Waals surface area (Å²) in [5.41, 5.74) is 1.00. The third-order valence-electron chi connectivity index (χ3n) is 3.84. The monoisotopic (exact) mass is 378 g/mol. The van der Waals surface area contributed by atoms with Crippen LogP contribution in [0.15, 0.2) is 34.9 Å². The number of amides is 1. The number of carbonyl (C=O) groups is 2. The number of hydrogen-bond donors (Lipinski definition) is 1. The number of hydrogen-bond acceptors (Lipinski definition) is 4. The smallest absolute Gasteiger partial charge is 0.308 e. The molecule has 0 radical (unpaired) electrons. The van der Waals surface area contributed by atoms with Crippen LogP contribution in [0.25, 0.3) is 5.69 Å². The van der Waals surface area contributed by atoms with Crippen LogP contribution in [0.1, 0.15) is 23.3 Å². The Balaban J connectivity index is 1.77. The van der Waals surface area contributed by atoms with Crippen molar-refractivity contribution >= 4 is 27.8 Å². The van der Waals surface area contributed by atoms with E-state index in [1.165, 1.54) is 9.58 Å². The van der Waals surface area contributed by atoms with Crippen LogP contribution >= 0.6 is 15.9 Å². The highest BCUT2D eigenvalue weighted by Gasteiger charge is 2.29. The molecule has 120 valence electrons. The van der Waals surface area contributed by atoms with E-state index in [1.54, 1.807) is 6.20 Å². The molecule has 1 saturated heterocycles. The van der Waals surface area contributed by atoms with E-state index in [0.29, 0.717) is 19.4 Å². The quantitative estimate of drug-likeness (QED) is 0.881. The Morgan fingerprint density at radius 1 is 1.35 bits per heavy atom. The molecule has 1 aliphatic heterocycles. The van der Waals surface area contributed by atoms with Gasteiger partial charge >= 0.3 is 5.97 Å². The molecule has 3 rings (SSSR count). The van der Waals surface area contributed by atoms with Crippen LogP contribution in [0.3, 0.4) is 0 Å². The molecule has 0 bridgehead atoms. The van der Waals surface area contributed by atoms with Crippen LogP contribution in [0.5, 0.6) is 0 Å². The average molecular weight is 379 g/mol. The minimum Gasteiger partial charge on any atom is -0.481 e. The van der Waals surface area contributed by atoms with E-state index in [9.17, 15) is 9.59 Å². The molecule has 7 nitrogen and oxygen atoms in total. The number of benzene rings is 1. The highest BCUT2D eigenvalue weighted by atomic mass is 79.9. The number of aliphatic carboxylic acids is 1. The van der Waals surface area contributed by atoms with Crippen molar-refractivity contribution in [2.24, 2.45) is 5.92 Å². The number of halogens is 1. The predicted molar refractivity (Wildman–Crippen MR) is 85.3 cm³/mol. The lowest BCUT2D eigenvalue weighted by Crippen LogP contribution is -2.42. The normalized spacial score (nSPS) is 18.0. The molecule has 1 aromatic heterocycles. The summed E-state index contributed by atoms with van der Waals surface area (Å²) in [6.07, 6.45) is 2.85. The standard InChI is InChI=1S/C15H15BrN4O3/c16-11-4-1-5-12(7-11)20-9-13(17-18-20)14(21)19-6-2-3-10(8-19)15(22)23/h1,4-5,7,9-10H,2-3,6,8H2,(H,22,23). The first-order valence-electron chi connectivity index (χ1n) is 7.25. The van der Waals surface area contributed by atoms with Crippen molar-refractivity contribution in [3.63, 3.8) is 0 Å². The zero-order chi connectivity index (χ0) is 16.4. The van der Waals surface area contributed by atoms with E-state index in [4.69, 9.17) is 5.11 Å². The Morgan fingerprint density at radius 2 is 2.17 bits per heavy atom. The van der Waals surface area contributed by atoms with Crippen LogP contribution in [0, 0.1) is 5.92 Å². The van der Waals surface area contributed by atoms with Gasteiger partial charge in [-0.05, 0) is 31.0 Å². The van der Waals surface area contributed by atoms with Crippen molar-refractivity contribution in [3.8, 4) is 5.69 Å². The van der Waals surface area contributed by atoms with Gasteiger partial charge in [-0.1, -0.05) is 27.2 Å². The zero-order valence-electron chi connectivity index (χ0n) is 12.2. The summed E-state index contributed by atoms with van der Waals surface area (Å²) in [7, 11) is 0.